The van der Waals surface area contributed by atoms with Crippen LogP contribution < -0.4 is 0 Å². The zero-order valence-electron chi connectivity index (χ0n) is 11.2. The van der Waals surface area contributed by atoms with E-state index in [1.807, 2.05) is 13.8 Å². The summed E-state index contributed by atoms with van der Waals surface area (Å²) in [4.78, 5) is 11.7. The van der Waals surface area contributed by atoms with Crippen molar-refractivity contribution in [1.29, 1.82) is 0 Å². The summed E-state index contributed by atoms with van der Waals surface area (Å²) in [5.74, 6) is -0.754. The van der Waals surface area contributed by atoms with Gasteiger partial charge in [-0.2, -0.15) is 0 Å². The van der Waals surface area contributed by atoms with E-state index in [0.717, 1.165) is 6.07 Å². The molecule has 0 radical (unpaired) electrons. The molecule has 0 saturated carbocycles. The van der Waals surface area contributed by atoms with Crippen molar-refractivity contribution in [2.75, 3.05) is 13.2 Å². The topological polar surface area (TPSA) is 69.7 Å². The zero-order chi connectivity index (χ0) is 16.2. The summed E-state index contributed by atoms with van der Waals surface area (Å²) < 4.78 is 33.1. The summed E-state index contributed by atoms with van der Waals surface area (Å²) in [6.45, 7) is 3.97. The number of carbonyl (C=O) groups excluding carboxylic acids is 1. The highest BCUT2D eigenvalue weighted by Crippen LogP contribution is 2.31. The minimum absolute atomic E-state index is 0.0196. The van der Waals surface area contributed by atoms with Crippen LogP contribution in [0.2, 0.25) is 5.02 Å². The van der Waals surface area contributed by atoms with E-state index in [1.54, 1.807) is 0 Å². The van der Waals surface area contributed by atoms with Crippen molar-refractivity contribution in [1.82, 2.24) is 0 Å². The van der Waals surface area contributed by atoms with E-state index in [9.17, 15) is 13.2 Å². The maximum absolute atomic E-state index is 11.9. The third kappa shape index (κ3) is 5.75. The Morgan fingerprint density at radius 2 is 1.95 bits per heavy atom. The molecule has 5 nitrogen and oxygen atoms in total. The second kappa shape index (κ2) is 7.78. The molecule has 0 aliphatic rings. The Balaban J connectivity index is 2.91. The van der Waals surface area contributed by atoms with Crippen LogP contribution in [-0.4, -0.2) is 33.7 Å². The van der Waals surface area contributed by atoms with Gasteiger partial charge in [-0.1, -0.05) is 11.6 Å². The lowest BCUT2D eigenvalue weighted by Gasteiger charge is -2.10. The van der Waals surface area contributed by atoms with Crippen molar-refractivity contribution in [3.8, 4) is 0 Å². The molecule has 0 atom stereocenters. The molecular weight excluding hydrogens is 407 g/mol. The van der Waals surface area contributed by atoms with Gasteiger partial charge in [-0.25, -0.2) is 13.2 Å². The van der Waals surface area contributed by atoms with E-state index in [4.69, 9.17) is 31.8 Å². The van der Waals surface area contributed by atoms with Crippen molar-refractivity contribution >= 4 is 53.2 Å². The molecule has 0 aliphatic heterocycles. The van der Waals surface area contributed by atoms with Gasteiger partial charge in [0.05, 0.1) is 28.2 Å². The Morgan fingerprint density at radius 3 is 2.48 bits per heavy atom. The molecule has 1 aromatic rings. The fraction of sp³-hybridized carbons (Fsp3) is 0.417. The molecule has 0 saturated heterocycles. The lowest BCUT2D eigenvalue weighted by molar-refractivity contribution is 0.0177. The Kier molecular flexibility index (Phi) is 6.93. The molecule has 21 heavy (non-hydrogen) atoms. The Morgan fingerprint density at radius 1 is 1.33 bits per heavy atom. The molecule has 0 N–H and O–H groups in total. The van der Waals surface area contributed by atoms with E-state index < -0.39 is 15.0 Å². The molecular formula is C12H13BrCl2O5S. The summed E-state index contributed by atoms with van der Waals surface area (Å²) in [5.41, 5.74) is -0.0881. The van der Waals surface area contributed by atoms with Gasteiger partial charge in [0, 0.05) is 15.2 Å². The van der Waals surface area contributed by atoms with Crippen LogP contribution in [0.4, 0.5) is 0 Å². The van der Waals surface area contributed by atoms with Gasteiger partial charge in [0.15, 0.2) is 0 Å². The third-order valence-electron chi connectivity index (χ3n) is 2.27. The second-order valence-corrected chi connectivity index (χ2v) is 8.06. The van der Waals surface area contributed by atoms with Crippen LogP contribution in [0.25, 0.3) is 0 Å². The van der Waals surface area contributed by atoms with E-state index in [2.05, 4.69) is 15.9 Å². The first-order valence-electron chi connectivity index (χ1n) is 5.85. The average molecular weight is 420 g/mol. The predicted octanol–water partition coefficient (Wildman–Crippen LogP) is 3.61. The van der Waals surface area contributed by atoms with E-state index in [1.165, 1.54) is 6.07 Å². The lowest BCUT2D eigenvalue weighted by atomic mass is 10.2. The summed E-state index contributed by atoms with van der Waals surface area (Å²) in [6, 6.07) is 2.28. The first-order chi connectivity index (χ1) is 9.62. The van der Waals surface area contributed by atoms with Gasteiger partial charge >= 0.3 is 5.97 Å². The normalized spacial score (nSPS) is 11.7. The fourth-order valence-electron chi connectivity index (χ4n) is 1.35. The first-order valence-corrected chi connectivity index (χ1v) is 9.33. The third-order valence-corrected chi connectivity index (χ3v) is 4.87. The SMILES string of the molecule is CC(C)OCCOC(=O)c1cc(S(=O)(=O)Cl)cc(Br)c1Cl. The quantitative estimate of drug-likeness (QED) is 0.400. The van der Waals surface area contributed by atoms with E-state index in [0.29, 0.717) is 0 Å². The summed E-state index contributed by atoms with van der Waals surface area (Å²) in [5, 5.41) is 0.0499. The smallest absolute Gasteiger partial charge is 0.339 e. The molecule has 0 unspecified atom stereocenters. The monoisotopic (exact) mass is 418 g/mol. The van der Waals surface area contributed by atoms with Gasteiger partial charge in [0.25, 0.3) is 9.05 Å². The molecule has 118 valence electrons. The number of ether oxygens (including phenoxy) is 2. The number of benzene rings is 1. The maximum atomic E-state index is 11.9. The Labute approximate surface area is 141 Å². The molecule has 1 rings (SSSR count). The van der Waals surface area contributed by atoms with Crippen molar-refractivity contribution in [2.45, 2.75) is 24.8 Å². The molecule has 1 aromatic carbocycles. The second-order valence-electron chi connectivity index (χ2n) is 4.26. The van der Waals surface area contributed by atoms with Gasteiger partial charge in [-0.05, 0) is 41.9 Å². The largest absolute Gasteiger partial charge is 0.460 e. The van der Waals surface area contributed by atoms with Gasteiger partial charge in [0.2, 0.25) is 0 Å². The molecule has 0 amide bonds. The number of esters is 1. The standard InChI is InChI=1S/C12H13BrCl2O5S/c1-7(2)19-3-4-20-12(16)9-5-8(21(15,17)18)6-10(13)11(9)14/h5-7H,3-4H2,1-2H3. The summed E-state index contributed by atoms with van der Waals surface area (Å²) >= 11 is 9.03. The summed E-state index contributed by atoms with van der Waals surface area (Å²) in [6.07, 6.45) is 0.0196. The number of hydrogen-bond acceptors (Lipinski definition) is 5. The van der Waals surface area contributed by atoms with Crippen molar-refractivity contribution < 1.29 is 22.7 Å². The van der Waals surface area contributed by atoms with Crippen LogP contribution in [0.15, 0.2) is 21.5 Å². The molecule has 0 fully saturated rings. The van der Waals surface area contributed by atoms with E-state index in [-0.39, 0.29) is 39.3 Å². The molecule has 0 aliphatic carbocycles. The Hall–Kier alpha value is -0.340. The van der Waals surface area contributed by atoms with Crippen LogP contribution in [-0.2, 0) is 18.5 Å². The van der Waals surface area contributed by atoms with Gasteiger partial charge in [-0.15, -0.1) is 0 Å². The van der Waals surface area contributed by atoms with Crippen molar-refractivity contribution in [3.05, 3.63) is 27.2 Å². The van der Waals surface area contributed by atoms with Gasteiger partial charge < -0.3 is 9.47 Å². The number of rotatable bonds is 6. The fourth-order valence-corrected chi connectivity index (χ4v) is 2.93. The number of halogens is 3. The molecule has 0 heterocycles. The van der Waals surface area contributed by atoms with Gasteiger partial charge in [0.1, 0.15) is 6.61 Å². The predicted molar refractivity (Wildman–Crippen MR) is 83.6 cm³/mol. The van der Waals surface area contributed by atoms with Crippen LogP contribution in [0, 0.1) is 0 Å². The number of carbonyl (C=O) groups is 1. The molecule has 0 spiro atoms. The number of hydrogen-bond donors (Lipinski definition) is 0. The average Bonchev–Trinajstić information content (AvgIpc) is 2.35. The minimum Gasteiger partial charge on any atom is -0.460 e. The summed E-state index contributed by atoms with van der Waals surface area (Å²) in [7, 11) is 1.27. The molecule has 0 aromatic heterocycles. The van der Waals surface area contributed by atoms with Crippen LogP contribution in [0.1, 0.15) is 24.2 Å². The Bertz CT molecular complexity index is 631. The van der Waals surface area contributed by atoms with E-state index >= 15 is 0 Å². The molecule has 0 bridgehead atoms. The minimum atomic E-state index is -3.98. The first kappa shape index (κ1) is 18.7. The van der Waals surface area contributed by atoms with Crippen LogP contribution in [0.3, 0.4) is 0 Å². The highest BCUT2D eigenvalue weighted by molar-refractivity contribution is 9.10. The van der Waals surface area contributed by atoms with Crippen molar-refractivity contribution in [3.63, 3.8) is 0 Å². The van der Waals surface area contributed by atoms with Gasteiger partial charge in [-0.3, -0.25) is 0 Å². The van der Waals surface area contributed by atoms with Crippen molar-refractivity contribution in [2.24, 2.45) is 0 Å². The molecule has 9 heteroatoms. The zero-order valence-corrected chi connectivity index (χ0v) is 15.1. The van der Waals surface area contributed by atoms with Crippen LogP contribution in [0.5, 0.6) is 0 Å². The highest BCUT2D eigenvalue weighted by Gasteiger charge is 2.20. The van der Waals surface area contributed by atoms with Crippen LogP contribution >= 0.6 is 38.2 Å². The highest BCUT2D eigenvalue weighted by atomic mass is 79.9. The maximum Gasteiger partial charge on any atom is 0.339 e. The lowest BCUT2D eigenvalue weighted by Crippen LogP contribution is -2.14.